The Morgan fingerprint density at radius 2 is 1.76 bits per heavy atom. The fourth-order valence-electron chi connectivity index (χ4n) is 1.41. The molecule has 0 amide bonds. The summed E-state index contributed by atoms with van der Waals surface area (Å²) in [5.74, 6) is -0.0412. The van der Waals surface area contributed by atoms with E-state index in [1.165, 1.54) is 11.3 Å². The molecule has 0 aliphatic rings. The molecule has 0 radical (unpaired) electrons. The third-order valence-electron chi connectivity index (χ3n) is 2.24. The maximum absolute atomic E-state index is 12.0. The largest absolute Gasteiger partial charge is 0.294 e. The highest BCUT2D eigenvalue weighted by atomic mass is 35.5. The molecule has 5 heteroatoms. The van der Waals surface area contributed by atoms with Crippen LogP contribution >= 0.6 is 46.1 Å². The van der Waals surface area contributed by atoms with Crippen molar-refractivity contribution in [1.82, 2.24) is 0 Å². The third kappa shape index (κ3) is 3.23. The molecule has 0 unspecified atom stereocenters. The zero-order valence-electron chi connectivity index (χ0n) is 8.54. The Kier molecular flexibility index (Phi) is 4.10. The number of ketones is 1. The Balaban J connectivity index is 2.17. The van der Waals surface area contributed by atoms with E-state index in [2.05, 4.69) is 0 Å². The van der Waals surface area contributed by atoms with Crippen LogP contribution in [0.5, 0.6) is 0 Å². The average molecular weight is 306 g/mol. The number of hydrogen-bond donors (Lipinski definition) is 0. The molecule has 0 fully saturated rings. The van der Waals surface area contributed by atoms with Crippen LogP contribution in [-0.4, -0.2) is 5.78 Å². The maximum Gasteiger partial charge on any atom is 0.169 e. The van der Waals surface area contributed by atoms with Gasteiger partial charge in [-0.05, 0) is 23.8 Å². The predicted molar refractivity (Wildman–Crippen MR) is 73.8 cm³/mol. The molecule has 1 heterocycles. The lowest BCUT2D eigenvalue weighted by atomic mass is 10.1. The number of hydrogen-bond acceptors (Lipinski definition) is 2. The van der Waals surface area contributed by atoms with Gasteiger partial charge in [0.15, 0.2) is 5.78 Å². The van der Waals surface area contributed by atoms with Gasteiger partial charge in [0.2, 0.25) is 0 Å². The highest BCUT2D eigenvalue weighted by Crippen LogP contribution is 2.31. The fraction of sp³-hybridized carbons (Fsp3) is 0.0833. The van der Waals surface area contributed by atoms with Gasteiger partial charge in [-0.25, -0.2) is 0 Å². The number of carbonyl (C=O) groups excluding carboxylic acids is 1. The summed E-state index contributed by atoms with van der Waals surface area (Å²) in [6.07, 6.45) is 0.296. The Morgan fingerprint density at radius 3 is 2.29 bits per heavy atom. The van der Waals surface area contributed by atoms with Gasteiger partial charge in [0.25, 0.3) is 0 Å². The smallest absolute Gasteiger partial charge is 0.169 e. The van der Waals surface area contributed by atoms with Gasteiger partial charge in [-0.2, -0.15) is 0 Å². The summed E-state index contributed by atoms with van der Waals surface area (Å²) in [6, 6.07) is 8.76. The molecule has 2 rings (SSSR count). The van der Waals surface area contributed by atoms with Gasteiger partial charge in [0, 0.05) is 17.0 Å². The molecular weight excluding hydrogens is 299 g/mol. The third-order valence-corrected chi connectivity index (χ3v) is 3.97. The number of halogens is 3. The van der Waals surface area contributed by atoms with Crippen LogP contribution in [0, 0.1) is 0 Å². The van der Waals surface area contributed by atoms with Crippen LogP contribution < -0.4 is 0 Å². The van der Waals surface area contributed by atoms with Crippen LogP contribution in [0.3, 0.4) is 0 Å². The summed E-state index contributed by atoms with van der Waals surface area (Å²) in [6.45, 7) is 0. The number of thiophene rings is 1. The predicted octanol–water partition coefficient (Wildman–Crippen LogP) is 5.13. The first-order chi connectivity index (χ1) is 8.06. The highest BCUT2D eigenvalue weighted by Gasteiger charge is 2.14. The SMILES string of the molecule is O=C(Cc1ccc(Cl)cc1)c1cc(Cl)sc1Cl. The molecule has 1 nitrogen and oxygen atoms in total. The summed E-state index contributed by atoms with van der Waals surface area (Å²) < 4.78 is 0.961. The van der Waals surface area contributed by atoms with Gasteiger partial charge >= 0.3 is 0 Å². The minimum Gasteiger partial charge on any atom is -0.294 e. The average Bonchev–Trinajstić information content (AvgIpc) is 2.61. The molecule has 0 saturated carbocycles. The van der Waals surface area contributed by atoms with Crippen molar-refractivity contribution < 1.29 is 4.79 Å². The Bertz CT molecular complexity index is 545. The monoisotopic (exact) mass is 304 g/mol. The van der Waals surface area contributed by atoms with Gasteiger partial charge in [-0.3, -0.25) is 4.79 Å². The van der Waals surface area contributed by atoms with E-state index in [0.717, 1.165) is 5.56 Å². The molecule has 0 saturated heterocycles. The normalized spacial score (nSPS) is 10.5. The standard InChI is InChI=1S/C12H7Cl3OS/c13-8-3-1-7(2-4-8)5-10(16)9-6-11(14)17-12(9)15/h1-4,6H,5H2. The summed E-state index contributed by atoms with van der Waals surface area (Å²) in [4.78, 5) is 12.0. The van der Waals surface area contributed by atoms with E-state index in [4.69, 9.17) is 34.8 Å². The maximum atomic E-state index is 12.0. The summed E-state index contributed by atoms with van der Waals surface area (Å²) in [5, 5.41) is 0.651. The minimum absolute atomic E-state index is 0.0412. The van der Waals surface area contributed by atoms with Crippen molar-refractivity contribution in [3.05, 3.63) is 55.2 Å². The van der Waals surface area contributed by atoms with Gasteiger partial charge in [0.1, 0.15) is 4.34 Å². The molecule has 0 aliphatic heterocycles. The van der Waals surface area contributed by atoms with Crippen molar-refractivity contribution in [2.24, 2.45) is 0 Å². The molecular formula is C12H7Cl3OS. The number of Topliss-reactive ketones (excluding diaryl/α,β-unsaturated/α-hetero) is 1. The zero-order chi connectivity index (χ0) is 12.4. The van der Waals surface area contributed by atoms with Crippen LogP contribution in [0.1, 0.15) is 15.9 Å². The van der Waals surface area contributed by atoms with E-state index in [9.17, 15) is 4.79 Å². The molecule has 1 aromatic heterocycles. The topological polar surface area (TPSA) is 17.1 Å². The van der Waals surface area contributed by atoms with Crippen molar-refractivity contribution in [3.8, 4) is 0 Å². The summed E-state index contributed by atoms with van der Waals surface area (Å²) in [7, 11) is 0. The first-order valence-corrected chi connectivity index (χ1v) is 6.74. The van der Waals surface area contributed by atoms with E-state index in [1.54, 1.807) is 18.2 Å². The molecule has 17 heavy (non-hydrogen) atoms. The molecule has 0 atom stereocenters. The Morgan fingerprint density at radius 1 is 1.12 bits per heavy atom. The van der Waals surface area contributed by atoms with E-state index >= 15 is 0 Å². The molecule has 0 N–H and O–H groups in total. The van der Waals surface area contributed by atoms with Gasteiger partial charge < -0.3 is 0 Å². The minimum atomic E-state index is -0.0412. The first kappa shape index (κ1) is 12.9. The second kappa shape index (κ2) is 5.40. The van der Waals surface area contributed by atoms with Crippen LogP contribution in [0.4, 0.5) is 0 Å². The molecule has 0 bridgehead atoms. The van der Waals surface area contributed by atoms with Crippen molar-refractivity contribution in [2.75, 3.05) is 0 Å². The van der Waals surface area contributed by atoms with Crippen LogP contribution in [0.2, 0.25) is 13.7 Å². The van der Waals surface area contributed by atoms with Crippen LogP contribution in [-0.2, 0) is 6.42 Å². The second-order valence-corrected chi connectivity index (χ2v) is 6.19. The lowest BCUT2D eigenvalue weighted by Crippen LogP contribution is -2.02. The molecule has 0 spiro atoms. The van der Waals surface area contributed by atoms with Crippen molar-refractivity contribution >= 4 is 51.9 Å². The summed E-state index contributed by atoms with van der Waals surface area (Å²) in [5.41, 5.74) is 1.38. The number of rotatable bonds is 3. The zero-order valence-corrected chi connectivity index (χ0v) is 11.6. The van der Waals surface area contributed by atoms with Crippen LogP contribution in [0.25, 0.3) is 0 Å². The van der Waals surface area contributed by atoms with E-state index in [0.29, 0.717) is 25.7 Å². The number of carbonyl (C=O) groups is 1. The van der Waals surface area contributed by atoms with Crippen molar-refractivity contribution in [1.29, 1.82) is 0 Å². The lowest BCUT2D eigenvalue weighted by Gasteiger charge is -2.00. The molecule has 1 aromatic carbocycles. The Labute approximate surface area is 118 Å². The molecule has 88 valence electrons. The fourth-order valence-corrected chi connectivity index (χ4v) is 3.04. The second-order valence-electron chi connectivity index (χ2n) is 3.46. The van der Waals surface area contributed by atoms with Crippen molar-refractivity contribution in [2.45, 2.75) is 6.42 Å². The molecule has 2 aromatic rings. The van der Waals surface area contributed by atoms with E-state index in [-0.39, 0.29) is 5.78 Å². The molecule has 0 aliphatic carbocycles. The van der Waals surface area contributed by atoms with E-state index in [1.807, 2.05) is 12.1 Å². The summed E-state index contributed by atoms with van der Waals surface area (Å²) >= 11 is 18.7. The lowest BCUT2D eigenvalue weighted by molar-refractivity contribution is 0.0993. The van der Waals surface area contributed by atoms with Crippen molar-refractivity contribution in [3.63, 3.8) is 0 Å². The van der Waals surface area contributed by atoms with Crippen LogP contribution in [0.15, 0.2) is 30.3 Å². The van der Waals surface area contributed by atoms with E-state index < -0.39 is 0 Å². The highest BCUT2D eigenvalue weighted by molar-refractivity contribution is 7.20. The van der Waals surface area contributed by atoms with Gasteiger partial charge in [0.05, 0.1) is 4.34 Å². The quantitative estimate of drug-likeness (QED) is 0.718. The van der Waals surface area contributed by atoms with Gasteiger partial charge in [-0.15, -0.1) is 11.3 Å². The Hall–Kier alpha value is -0.540. The number of benzene rings is 1. The first-order valence-electron chi connectivity index (χ1n) is 4.79. The van der Waals surface area contributed by atoms with Gasteiger partial charge in [-0.1, -0.05) is 46.9 Å².